The van der Waals surface area contributed by atoms with Crippen molar-refractivity contribution in [2.24, 2.45) is 0 Å². The zero-order chi connectivity index (χ0) is 9.90. The topological polar surface area (TPSA) is 46.2 Å². The average molecular weight is 198 g/mol. The summed E-state index contributed by atoms with van der Waals surface area (Å²) in [5.41, 5.74) is 0.739. The van der Waals surface area contributed by atoms with E-state index in [1.165, 1.54) is 0 Å². The Hall–Kier alpha value is -0.870. The first-order valence-electron chi connectivity index (χ1n) is 3.92. The predicted molar refractivity (Wildman–Crippen MR) is 51.7 cm³/mol. The van der Waals surface area contributed by atoms with E-state index in [2.05, 4.69) is 11.6 Å². The Labute approximate surface area is 78.8 Å². The fraction of sp³-hybridized carbons (Fsp3) is 0.222. The molecule has 0 fully saturated rings. The van der Waals surface area contributed by atoms with Crippen molar-refractivity contribution in [1.29, 1.82) is 0 Å². The van der Waals surface area contributed by atoms with Crippen molar-refractivity contribution in [1.82, 2.24) is 4.72 Å². The first-order valence-corrected chi connectivity index (χ1v) is 5.41. The summed E-state index contributed by atoms with van der Waals surface area (Å²) in [4.78, 5) is 0.318. The Bertz CT molecular complexity index is 384. The van der Waals surface area contributed by atoms with Gasteiger partial charge < -0.3 is 0 Å². The van der Waals surface area contributed by atoms with Crippen LogP contribution < -0.4 is 4.72 Å². The Kier molecular flexibility index (Phi) is 3.06. The van der Waals surface area contributed by atoms with Crippen LogP contribution >= 0.6 is 0 Å². The lowest BCUT2D eigenvalue weighted by Gasteiger charge is -2.06. The smallest absolute Gasteiger partial charge is 0.211 e. The fourth-order valence-electron chi connectivity index (χ4n) is 1.07. The van der Waals surface area contributed by atoms with Gasteiger partial charge in [-0.05, 0) is 25.5 Å². The lowest BCUT2D eigenvalue weighted by atomic mass is 10.2. The highest BCUT2D eigenvalue weighted by atomic mass is 32.2. The molecule has 0 aliphatic heterocycles. The van der Waals surface area contributed by atoms with Crippen molar-refractivity contribution >= 4 is 10.0 Å². The largest absolute Gasteiger partial charge is 0.240 e. The summed E-state index contributed by atoms with van der Waals surface area (Å²) < 4.78 is 25.3. The van der Waals surface area contributed by atoms with Crippen molar-refractivity contribution in [3.63, 3.8) is 0 Å². The zero-order valence-electron chi connectivity index (χ0n) is 7.45. The van der Waals surface area contributed by atoms with Gasteiger partial charge in [0.15, 0.2) is 0 Å². The van der Waals surface area contributed by atoms with Gasteiger partial charge in [0.1, 0.15) is 0 Å². The van der Waals surface area contributed by atoms with E-state index in [1.807, 2.05) is 0 Å². The molecule has 0 saturated carbocycles. The summed E-state index contributed by atoms with van der Waals surface area (Å²) in [7, 11) is -3.35. The third-order valence-corrected chi connectivity index (χ3v) is 3.30. The second kappa shape index (κ2) is 3.89. The minimum absolute atomic E-state index is 0.163. The molecule has 0 spiro atoms. The van der Waals surface area contributed by atoms with E-state index in [4.69, 9.17) is 0 Å². The molecule has 0 atom stereocenters. The summed E-state index contributed by atoms with van der Waals surface area (Å²) in [6.45, 7) is 5.36. The van der Waals surface area contributed by atoms with E-state index in [-0.39, 0.29) is 6.54 Å². The van der Waals surface area contributed by atoms with Gasteiger partial charge in [-0.1, -0.05) is 18.2 Å². The molecule has 0 aromatic heterocycles. The van der Waals surface area contributed by atoms with E-state index in [1.54, 1.807) is 31.2 Å². The van der Waals surface area contributed by atoms with Crippen LogP contribution in [0.25, 0.3) is 0 Å². The Morgan fingerprint density at radius 3 is 2.54 bits per heavy atom. The number of aryl methyl sites for hydroxylation is 1. The second-order valence-corrected chi connectivity index (χ2v) is 4.40. The normalized spacial score (nSPS) is 11.5. The van der Waals surface area contributed by atoms with Gasteiger partial charge >= 0.3 is 0 Å². The van der Waals surface area contributed by atoms with E-state index >= 15 is 0 Å². The maximum absolute atomic E-state index is 11.5. The van der Waals surface area contributed by atoms with Gasteiger partial charge in [0.2, 0.25) is 10.0 Å². The molecular formula is C9H12NO2S. The van der Waals surface area contributed by atoms with Gasteiger partial charge in [0.25, 0.3) is 0 Å². The minimum atomic E-state index is -3.35. The number of hydrogen-bond acceptors (Lipinski definition) is 2. The first-order chi connectivity index (χ1) is 6.08. The standard InChI is InChI=1S/C9H12NO2S/c1-3-10-13(11,12)9-7-5-4-6-8(9)2/h4-7,10H,1,3H2,2H3. The van der Waals surface area contributed by atoms with Crippen LogP contribution in [0.3, 0.4) is 0 Å². The van der Waals surface area contributed by atoms with Gasteiger partial charge in [-0.2, -0.15) is 0 Å². The number of nitrogens with one attached hydrogen (secondary N) is 1. The molecule has 1 rings (SSSR count). The maximum atomic E-state index is 11.5. The molecule has 1 aromatic rings. The van der Waals surface area contributed by atoms with Crippen LogP contribution in [-0.4, -0.2) is 15.0 Å². The molecule has 71 valence electrons. The number of sulfonamides is 1. The molecule has 0 saturated heterocycles. The molecule has 0 amide bonds. The molecule has 13 heavy (non-hydrogen) atoms. The Balaban J connectivity index is 3.15. The highest BCUT2D eigenvalue weighted by Crippen LogP contribution is 2.12. The minimum Gasteiger partial charge on any atom is -0.211 e. The van der Waals surface area contributed by atoms with Gasteiger partial charge in [-0.3, -0.25) is 0 Å². The van der Waals surface area contributed by atoms with Crippen LogP contribution in [-0.2, 0) is 10.0 Å². The molecule has 0 aliphatic carbocycles. The van der Waals surface area contributed by atoms with Crippen molar-refractivity contribution in [2.45, 2.75) is 11.8 Å². The van der Waals surface area contributed by atoms with E-state index in [0.29, 0.717) is 4.90 Å². The van der Waals surface area contributed by atoms with E-state index < -0.39 is 10.0 Å². The molecule has 0 aliphatic rings. The van der Waals surface area contributed by atoms with Crippen molar-refractivity contribution < 1.29 is 8.42 Å². The van der Waals surface area contributed by atoms with Crippen LogP contribution in [0.5, 0.6) is 0 Å². The van der Waals surface area contributed by atoms with Gasteiger partial charge in [-0.25, -0.2) is 13.1 Å². The van der Waals surface area contributed by atoms with Crippen LogP contribution in [0.1, 0.15) is 5.56 Å². The number of hydrogen-bond donors (Lipinski definition) is 1. The average Bonchev–Trinajstić information content (AvgIpc) is 2.04. The van der Waals surface area contributed by atoms with Crippen LogP contribution in [0, 0.1) is 13.8 Å². The molecule has 0 unspecified atom stereocenters. The Morgan fingerprint density at radius 1 is 1.38 bits per heavy atom. The molecule has 1 aromatic carbocycles. The second-order valence-electron chi connectivity index (χ2n) is 2.66. The monoisotopic (exact) mass is 198 g/mol. The summed E-state index contributed by atoms with van der Waals surface area (Å²) in [5, 5.41) is 0. The van der Waals surface area contributed by atoms with Crippen LogP contribution in [0.4, 0.5) is 0 Å². The summed E-state index contributed by atoms with van der Waals surface area (Å²) in [5.74, 6) is 0. The number of rotatable bonds is 3. The van der Waals surface area contributed by atoms with Gasteiger partial charge in [0.05, 0.1) is 4.90 Å². The first kappa shape index (κ1) is 10.2. The molecular weight excluding hydrogens is 186 g/mol. The molecule has 0 heterocycles. The summed E-state index contributed by atoms with van der Waals surface area (Å²) >= 11 is 0. The molecule has 1 N–H and O–H groups in total. The Morgan fingerprint density at radius 2 is 2.00 bits per heavy atom. The van der Waals surface area contributed by atoms with Crippen LogP contribution in [0.15, 0.2) is 29.2 Å². The fourth-order valence-corrected chi connectivity index (χ4v) is 2.24. The number of benzene rings is 1. The van der Waals surface area contributed by atoms with E-state index in [0.717, 1.165) is 5.56 Å². The van der Waals surface area contributed by atoms with Crippen molar-refractivity contribution in [3.8, 4) is 0 Å². The molecule has 3 nitrogen and oxygen atoms in total. The third-order valence-electron chi connectivity index (χ3n) is 1.68. The predicted octanol–water partition coefficient (Wildman–Crippen LogP) is 1.11. The highest BCUT2D eigenvalue weighted by molar-refractivity contribution is 7.89. The molecule has 4 heteroatoms. The lowest BCUT2D eigenvalue weighted by molar-refractivity contribution is 0.585. The highest BCUT2D eigenvalue weighted by Gasteiger charge is 2.13. The quantitative estimate of drug-likeness (QED) is 0.790. The molecule has 0 bridgehead atoms. The maximum Gasteiger partial charge on any atom is 0.240 e. The van der Waals surface area contributed by atoms with Crippen molar-refractivity contribution in [3.05, 3.63) is 36.8 Å². The summed E-state index contributed by atoms with van der Waals surface area (Å²) in [6, 6.07) is 6.84. The van der Waals surface area contributed by atoms with Crippen LogP contribution in [0.2, 0.25) is 0 Å². The van der Waals surface area contributed by atoms with Gasteiger partial charge in [-0.15, -0.1) is 0 Å². The SMILES string of the molecule is [CH2]CNS(=O)(=O)c1ccccc1C. The summed E-state index contributed by atoms with van der Waals surface area (Å²) in [6.07, 6.45) is 0. The lowest BCUT2D eigenvalue weighted by Crippen LogP contribution is -2.23. The molecule has 1 radical (unpaired) electrons. The van der Waals surface area contributed by atoms with Gasteiger partial charge in [0, 0.05) is 6.54 Å². The van der Waals surface area contributed by atoms with Crippen molar-refractivity contribution in [2.75, 3.05) is 6.54 Å². The zero-order valence-corrected chi connectivity index (χ0v) is 8.26. The van der Waals surface area contributed by atoms with E-state index in [9.17, 15) is 8.42 Å². The third kappa shape index (κ3) is 2.29.